The van der Waals surface area contributed by atoms with Crippen LogP contribution >= 0.6 is 0 Å². The van der Waals surface area contributed by atoms with E-state index >= 15 is 0 Å². The van der Waals surface area contributed by atoms with E-state index < -0.39 is 11.7 Å². The average molecular weight is 338 g/mol. The summed E-state index contributed by atoms with van der Waals surface area (Å²) >= 11 is 0. The van der Waals surface area contributed by atoms with Crippen LogP contribution < -0.4 is 0 Å². The SMILES string of the molecule is Cc1c(C(=O)N(C)CC2CC2)cnn1-c1ccc(C(F)(F)F)cn1. The number of carbonyl (C=O) groups excluding carboxylic acids is 1. The molecule has 1 fully saturated rings. The summed E-state index contributed by atoms with van der Waals surface area (Å²) in [4.78, 5) is 17.9. The Morgan fingerprint density at radius 1 is 1.33 bits per heavy atom. The van der Waals surface area contributed by atoms with Crippen LogP contribution in [0, 0.1) is 12.8 Å². The summed E-state index contributed by atoms with van der Waals surface area (Å²) < 4.78 is 39.2. The second-order valence-corrected chi connectivity index (χ2v) is 6.09. The first-order valence-electron chi connectivity index (χ1n) is 7.61. The Hall–Kier alpha value is -2.38. The first-order chi connectivity index (χ1) is 11.3. The minimum atomic E-state index is -4.43. The highest BCUT2D eigenvalue weighted by Crippen LogP contribution is 2.30. The van der Waals surface area contributed by atoms with Crippen LogP contribution in [0.3, 0.4) is 0 Å². The smallest absolute Gasteiger partial charge is 0.341 e. The zero-order valence-electron chi connectivity index (χ0n) is 13.3. The number of rotatable bonds is 4. The number of amides is 1. The molecule has 0 spiro atoms. The highest BCUT2D eigenvalue weighted by atomic mass is 19.4. The molecule has 1 aliphatic carbocycles. The Kier molecular flexibility index (Phi) is 4.06. The van der Waals surface area contributed by atoms with Crippen molar-refractivity contribution < 1.29 is 18.0 Å². The van der Waals surface area contributed by atoms with Crippen LogP contribution in [-0.4, -0.2) is 39.2 Å². The van der Waals surface area contributed by atoms with Gasteiger partial charge in [-0.2, -0.15) is 18.3 Å². The summed E-state index contributed by atoms with van der Waals surface area (Å²) in [6, 6.07) is 2.19. The van der Waals surface area contributed by atoms with Gasteiger partial charge in [-0.3, -0.25) is 4.79 Å². The highest BCUT2D eigenvalue weighted by molar-refractivity contribution is 5.95. The van der Waals surface area contributed by atoms with Gasteiger partial charge in [-0.15, -0.1) is 0 Å². The normalized spacial score (nSPS) is 14.7. The Labute approximate surface area is 137 Å². The molecular weight excluding hydrogens is 321 g/mol. The topological polar surface area (TPSA) is 51.0 Å². The molecule has 128 valence electrons. The van der Waals surface area contributed by atoms with Crippen LogP contribution in [0.15, 0.2) is 24.5 Å². The van der Waals surface area contributed by atoms with Gasteiger partial charge in [-0.05, 0) is 37.8 Å². The van der Waals surface area contributed by atoms with Crippen molar-refractivity contribution in [2.45, 2.75) is 25.9 Å². The predicted molar refractivity (Wildman–Crippen MR) is 80.8 cm³/mol. The Bertz CT molecular complexity index is 748. The maximum absolute atomic E-state index is 12.6. The zero-order chi connectivity index (χ0) is 17.5. The van der Waals surface area contributed by atoms with E-state index in [1.54, 1.807) is 18.9 Å². The summed E-state index contributed by atoms with van der Waals surface area (Å²) in [5.41, 5.74) is 0.159. The molecule has 0 atom stereocenters. The summed E-state index contributed by atoms with van der Waals surface area (Å²) in [6.45, 7) is 2.41. The fourth-order valence-electron chi connectivity index (χ4n) is 2.51. The molecule has 0 saturated heterocycles. The third-order valence-electron chi connectivity index (χ3n) is 4.11. The van der Waals surface area contributed by atoms with Gasteiger partial charge in [0.15, 0.2) is 5.82 Å². The molecule has 0 N–H and O–H groups in total. The third-order valence-corrected chi connectivity index (χ3v) is 4.11. The van der Waals surface area contributed by atoms with Crippen molar-refractivity contribution in [1.29, 1.82) is 0 Å². The number of hydrogen-bond acceptors (Lipinski definition) is 3. The van der Waals surface area contributed by atoms with Gasteiger partial charge >= 0.3 is 6.18 Å². The zero-order valence-corrected chi connectivity index (χ0v) is 13.3. The van der Waals surface area contributed by atoms with Gasteiger partial charge < -0.3 is 4.90 Å². The lowest BCUT2D eigenvalue weighted by atomic mass is 10.2. The molecule has 1 aliphatic rings. The van der Waals surface area contributed by atoms with Crippen LogP contribution in [0.1, 0.15) is 34.5 Å². The highest BCUT2D eigenvalue weighted by Gasteiger charge is 2.31. The van der Waals surface area contributed by atoms with E-state index in [1.807, 2.05) is 0 Å². The van der Waals surface area contributed by atoms with Crippen LogP contribution in [-0.2, 0) is 6.18 Å². The van der Waals surface area contributed by atoms with Gasteiger partial charge in [0.1, 0.15) is 0 Å². The molecule has 2 aromatic heterocycles. The van der Waals surface area contributed by atoms with Gasteiger partial charge in [-0.25, -0.2) is 9.67 Å². The van der Waals surface area contributed by atoms with Crippen molar-refractivity contribution in [3.63, 3.8) is 0 Å². The van der Waals surface area contributed by atoms with E-state index in [9.17, 15) is 18.0 Å². The van der Waals surface area contributed by atoms with Crippen LogP contribution in [0.4, 0.5) is 13.2 Å². The number of hydrogen-bond donors (Lipinski definition) is 0. The average Bonchev–Trinajstić information content (AvgIpc) is 3.26. The number of pyridine rings is 1. The van der Waals surface area contributed by atoms with Gasteiger partial charge in [0.25, 0.3) is 5.91 Å². The molecule has 2 aromatic rings. The van der Waals surface area contributed by atoms with Gasteiger partial charge in [0.2, 0.25) is 0 Å². The molecule has 0 aromatic carbocycles. The van der Waals surface area contributed by atoms with E-state index in [0.29, 0.717) is 23.7 Å². The van der Waals surface area contributed by atoms with Crippen molar-refractivity contribution in [3.8, 4) is 5.82 Å². The minimum Gasteiger partial charge on any atom is -0.341 e. The van der Waals surface area contributed by atoms with Crippen LogP contribution in [0.5, 0.6) is 0 Å². The van der Waals surface area contributed by atoms with E-state index in [2.05, 4.69) is 10.1 Å². The van der Waals surface area contributed by atoms with Crippen molar-refractivity contribution in [2.75, 3.05) is 13.6 Å². The second-order valence-electron chi connectivity index (χ2n) is 6.09. The molecular formula is C16H17F3N4O. The number of nitrogens with zero attached hydrogens (tertiary/aromatic N) is 4. The Morgan fingerprint density at radius 2 is 2.04 bits per heavy atom. The minimum absolute atomic E-state index is 0.141. The summed E-state index contributed by atoms with van der Waals surface area (Å²) in [5.74, 6) is 0.674. The lowest BCUT2D eigenvalue weighted by molar-refractivity contribution is -0.137. The standard InChI is InChI=1S/C16H17F3N4O/c1-10-13(15(24)22(2)9-11-3-4-11)8-21-23(10)14-6-5-12(7-20-14)16(17,18)19/h5-8,11H,3-4,9H2,1-2H3. The molecule has 0 radical (unpaired) electrons. The summed E-state index contributed by atoms with van der Waals surface area (Å²) in [7, 11) is 1.74. The van der Waals surface area contributed by atoms with E-state index in [-0.39, 0.29) is 11.7 Å². The lowest BCUT2D eigenvalue weighted by Crippen LogP contribution is -2.29. The molecule has 24 heavy (non-hydrogen) atoms. The summed E-state index contributed by atoms with van der Waals surface area (Å²) in [5, 5.41) is 4.10. The molecule has 2 heterocycles. The molecule has 0 bridgehead atoms. The molecule has 5 nitrogen and oxygen atoms in total. The fraction of sp³-hybridized carbons (Fsp3) is 0.438. The first-order valence-corrected chi connectivity index (χ1v) is 7.61. The number of alkyl halides is 3. The van der Waals surface area contributed by atoms with Crippen molar-refractivity contribution in [3.05, 3.63) is 41.3 Å². The number of halogens is 3. The maximum Gasteiger partial charge on any atom is 0.417 e. The number of carbonyl (C=O) groups is 1. The predicted octanol–water partition coefficient (Wildman–Crippen LogP) is 3.08. The lowest BCUT2D eigenvalue weighted by Gasteiger charge is -2.16. The third kappa shape index (κ3) is 3.27. The molecule has 0 unspecified atom stereocenters. The van der Waals surface area contributed by atoms with Gasteiger partial charge in [0.05, 0.1) is 23.0 Å². The molecule has 0 aliphatic heterocycles. The largest absolute Gasteiger partial charge is 0.417 e. The van der Waals surface area contributed by atoms with Crippen molar-refractivity contribution in [2.24, 2.45) is 5.92 Å². The molecule has 1 amide bonds. The summed E-state index contributed by atoms with van der Waals surface area (Å²) in [6.07, 6.45) is 0.0472. The van der Waals surface area contributed by atoms with Gasteiger partial charge in [0, 0.05) is 19.8 Å². The number of aromatic nitrogens is 3. The van der Waals surface area contributed by atoms with E-state index in [1.165, 1.54) is 16.9 Å². The fourth-order valence-corrected chi connectivity index (χ4v) is 2.51. The monoisotopic (exact) mass is 338 g/mol. The maximum atomic E-state index is 12.6. The second kappa shape index (κ2) is 5.92. The van der Waals surface area contributed by atoms with Crippen molar-refractivity contribution in [1.82, 2.24) is 19.7 Å². The quantitative estimate of drug-likeness (QED) is 0.861. The molecule has 3 rings (SSSR count). The van der Waals surface area contributed by atoms with E-state index in [0.717, 1.165) is 25.1 Å². The Balaban J connectivity index is 1.82. The Morgan fingerprint density at radius 3 is 2.58 bits per heavy atom. The van der Waals surface area contributed by atoms with Crippen LogP contribution in [0.25, 0.3) is 5.82 Å². The van der Waals surface area contributed by atoms with Gasteiger partial charge in [-0.1, -0.05) is 0 Å². The van der Waals surface area contributed by atoms with E-state index in [4.69, 9.17) is 0 Å². The first kappa shape index (κ1) is 16.5. The van der Waals surface area contributed by atoms with Crippen LogP contribution in [0.2, 0.25) is 0 Å². The molecule has 1 saturated carbocycles. The van der Waals surface area contributed by atoms with Crippen molar-refractivity contribution >= 4 is 5.91 Å². The molecule has 8 heteroatoms.